The van der Waals surface area contributed by atoms with Crippen LogP contribution in [0.15, 0.2) is 78.9 Å². The van der Waals surface area contributed by atoms with Gasteiger partial charge in [-0.2, -0.15) is 0 Å². The van der Waals surface area contributed by atoms with Crippen LogP contribution in [0.4, 0.5) is 0 Å². The Bertz CT molecular complexity index is 1100. The van der Waals surface area contributed by atoms with Gasteiger partial charge in [0.25, 0.3) is 0 Å². The van der Waals surface area contributed by atoms with Gasteiger partial charge in [0.1, 0.15) is 12.4 Å². The van der Waals surface area contributed by atoms with E-state index < -0.39 is 26.9 Å². The molecule has 0 spiro atoms. The number of hydrogen-bond acceptors (Lipinski definition) is 8. The van der Waals surface area contributed by atoms with Gasteiger partial charge in [0.05, 0.1) is 0 Å². The van der Waals surface area contributed by atoms with Gasteiger partial charge in [-0.25, -0.2) is 0 Å². The van der Waals surface area contributed by atoms with Gasteiger partial charge < -0.3 is 38.5 Å². The number of aliphatic hydroxyl groups is 1. The van der Waals surface area contributed by atoms with Crippen LogP contribution >= 0.6 is 15.2 Å². The number of hydrogen-bond donors (Lipinski definition) is 1. The standard InChI is InChI=1S/C20H20O8P2/c21-20(29(22,23)24,30(25,26)27)14-28-19-11-5-10-18(13-19)17-9-4-8-16(12-17)15-6-2-1-3-7-15/h1-13,21H,14H2,(H2,22,23,24)(H2,25,26,27)/p-4. The van der Waals surface area contributed by atoms with Crippen molar-refractivity contribution in [2.24, 2.45) is 0 Å². The Kier molecular flexibility index (Phi) is 6.32. The summed E-state index contributed by atoms with van der Waals surface area (Å²) in [4.78, 5) is 44.6. The van der Waals surface area contributed by atoms with Crippen LogP contribution in [-0.2, 0) is 9.13 Å². The second kappa shape index (κ2) is 8.46. The minimum absolute atomic E-state index is 0.0297. The molecule has 10 heteroatoms. The Morgan fingerprint density at radius 2 is 1.17 bits per heavy atom. The van der Waals surface area contributed by atoms with Crippen LogP contribution in [-0.4, -0.2) is 16.8 Å². The Labute approximate surface area is 172 Å². The number of rotatable bonds is 7. The molecule has 0 aliphatic rings. The molecule has 1 N–H and O–H groups in total. The first-order chi connectivity index (χ1) is 14.0. The summed E-state index contributed by atoms with van der Waals surface area (Å²) in [7, 11) is -12.4. The first kappa shape index (κ1) is 22.4. The maximum atomic E-state index is 11.2. The molecule has 0 aliphatic carbocycles. The Balaban J connectivity index is 1.87. The molecule has 30 heavy (non-hydrogen) atoms. The van der Waals surface area contributed by atoms with Crippen molar-refractivity contribution < 1.29 is 38.5 Å². The number of benzene rings is 3. The zero-order valence-electron chi connectivity index (χ0n) is 15.4. The smallest absolute Gasteiger partial charge is 0.150 e. The van der Waals surface area contributed by atoms with Gasteiger partial charge >= 0.3 is 0 Å². The molecule has 0 saturated heterocycles. The minimum atomic E-state index is -6.21. The van der Waals surface area contributed by atoms with E-state index in [2.05, 4.69) is 0 Å². The van der Waals surface area contributed by atoms with Gasteiger partial charge in [0, 0.05) is 0 Å². The van der Waals surface area contributed by atoms with E-state index in [0.717, 1.165) is 16.7 Å². The largest absolute Gasteiger partial charge is 0.808 e. The molecule has 0 heterocycles. The lowest BCUT2D eigenvalue weighted by Gasteiger charge is -2.55. The zero-order chi connectivity index (χ0) is 22.0. The molecule has 3 aromatic rings. The summed E-state index contributed by atoms with van der Waals surface area (Å²) < 4.78 is 27.3. The predicted molar refractivity (Wildman–Crippen MR) is 103 cm³/mol. The van der Waals surface area contributed by atoms with Crippen molar-refractivity contribution in [1.82, 2.24) is 0 Å². The third kappa shape index (κ3) is 4.72. The van der Waals surface area contributed by atoms with E-state index >= 15 is 0 Å². The monoisotopic (exact) mass is 446 g/mol. The summed E-state index contributed by atoms with van der Waals surface area (Å²) in [6.45, 7) is -1.53. The summed E-state index contributed by atoms with van der Waals surface area (Å²) in [5, 5.41) is 5.61. The maximum absolute atomic E-state index is 11.2. The van der Waals surface area contributed by atoms with E-state index in [1.54, 1.807) is 12.1 Å². The van der Waals surface area contributed by atoms with Crippen LogP contribution in [0.5, 0.6) is 5.75 Å². The first-order valence-electron chi connectivity index (χ1n) is 8.67. The molecular weight excluding hydrogens is 430 g/mol. The normalized spacial score (nSPS) is 12.6. The zero-order valence-corrected chi connectivity index (χ0v) is 17.2. The van der Waals surface area contributed by atoms with Crippen LogP contribution in [0.1, 0.15) is 0 Å². The SMILES string of the molecule is O=P([O-])([O-])C(O)(COc1cccc(-c2cccc(-c3ccccc3)c2)c1)P(=O)([O-])[O-]. The van der Waals surface area contributed by atoms with Gasteiger partial charge in [0.2, 0.25) is 0 Å². The molecule has 0 fully saturated rings. The molecule has 0 aliphatic heterocycles. The summed E-state index contributed by atoms with van der Waals surface area (Å²) in [5.74, 6) is -0.0297. The maximum Gasteiger partial charge on any atom is 0.150 e. The highest BCUT2D eigenvalue weighted by Gasteiger charge is 2.36. The highest BCUT2D eigenvalue weighted by atomic mass is 31.2. The first-order valence-corrected chi connectivity index (χ1v) is 11.8. The van der Waals surface area contributed by atoms with Crippen molar-refractivity contribution in [2.75, 3.05) is 6.61 Å². The molecule has 3 aromatic carbocycles. The highest BCUT2D eigenvalue weighted by Crippen LogP contribution is 2.58. The Morgan fingerprint density at radius 3 is 1.73 bits per heavy atom. The van der Waals surface area contributed by atoms with Gasteiger partial charge in [-0.05, 0) is 55.6 Å². The minimum Gasteiger partial charge on any atom is -0.808 e. The average molecular weight is 446 g/mol. The fourth-order valence-electron chi connectivity index (χ4n) is 2.76. The Hall–Kier alpha value is -2.28. The molecular formula is C20H16O8P2-4. The third-order valence-corrected chi connectivity index (χ3v) is 7.93. The fourth-order valence-corrected chi connectivity index (χ4v) is 4.41. The van der Waals surface area contributed by atoms with Crippen molar-refractivity contribution >= 4 is 15.2 Å². The van der Waals surface area contributed by atoms with Gasteiger partial charge in [0.15, 0.2) is 5.08 Å². The van der Waals surface area contributed by atoms with Crippen molar-refractivity contribution in [3.05, 3.63) is 78.9 Å². The molecule has 0 saturated carbocycles. The van der Waals surface area contributed by atoms with E-state index in [0.29, 0.717) is 5.56 Å². The fraction of sp³-hybridized carbons (Fsp3) is 0.100. The molecule has 3 rings (SSSR count). The van der Waals surface area contributed by atoms with Crippen molar-refractivity contribution in [1.29, 1.82) is 0 Å². The summed E-state index contributed by atoms with van der Waals surface area (Å²) in [5.41, 5.74) is 3.38. The van der Waals surface area contributed by atoms with Crippen LogP contribution < -0.4 is 24.3 Å². The third-order valence-electron chi connectivity index (χ3n) is 4.45. The number of ether oxygens (including phenoxy) is 1. The summed E-state index contributed by atoms with van der Waals surface area (Å²) in [6.07, 6.45) is 0. The lowest BCUT2D eigenvalue weighted by atomic mass is 9.99. The summed E-state index contributed by atoms with van der Waals surface area (Å²) >= 11 is 0. The summed E-state index contributed by atoms with van der Waals surface area (Å²) in [6, 6.07) is 23.3. The molecule has 158 valence electrons. The van der Waals surface area contributed by atoms with Gasteiger partial charge in [-0.1, -0.05) is 60.7 Å². The van der Waals surface area contributed by atoms with Crippen LogP contribution in [0.25, 0.3) is 22.3 Å². The molecule has 0 atom stereocenters. The Morgan fingerprint density at radius 1 is 0.700 bits per heavy atom. The molecule has 0 aromatic heterocycles. The lowest BCUT2D eigenvalue weighted by molar-refractivity contribution is -0.349. The topological polar surface area (TPSA) is 156 Å². The molecule has 0 unspecified atom stereocenters. The second-order valence-electron chi connectivity index (χ2n) is 6.53. The van der Waals surface area contributed by atoms with Crippen LogP contribution in [0.2, 0.25) is 0 Å². The molecule has 0 bridgehead atoms. The van der Waals surface area contributed by atoms with Crippen molar-refractivity contribution in [2.45, 2.75) is 5.08 Å². The quantitative estimate of drug-likeness (QED) is 0.524. The molecule has 0 radical (unpaired) electrons. The molecule has 0 amide bonds. The average Bonchev–Trinajstić information content (AvgIpc) is 2.71. The highest BCUT2D eigenvalue weighted by molar-refractivity contribution is 7.69. The van der Waals surface area contributed by atoms with E-state index in [9.17, 15) is 33.8 Å². The van der Waals surface area contributed by atoms with Gasteiger partial charge in [-0.3, -0.25) is 0 Å². The van der Waals surface area contributed by atoms with Crippen LogP contribution in [0.3, 0.4) is 0 Å². The predicted octanol–water partition coefficient (Wildman–Crippen LogP) is 0.873. The van der Waals surface area contributed by atoms with Crippen molar-refractivity contribution in [3.8, 4) is 28.0 Å². The molecule has 8 nitrogen and oxygen atoms in total. The second-order valence-corrected chi connectivity index (χ2v) is 10.4. The van der Waals surface area contributed by atoms with E-state index in [4.69, 9.17) is 4.74 Å². The lowest BCUT2D eigenvalue weighted by Crippen LogP contribution is -2.49. The van der Waals surface area contributed by atoms with E-state index in [1.807, 2.05) is 54.6 Å². The van der Waals surface area contributed by atoms with E-state index in [-0.39, 0.29) is 5.75 Å². The van der Waals surface area contributed by atoms with Crippen molar-refractivity contribution in [3.63, 3.8) is 0 Å². The van der Waals surface area contributed by atoms with Crippen LogP contribution in [0, 0.1) is 0 Å². The van der Waals surface area contributed by atoms with Gasteiger partial charge in [-0.15, -0.1) is 0 Å². The van der Waals surface area contributed by atoms with E-state index in [1.165, 1.54) is 12.1 Å².